The van der Waals surface area contributed by atoms with Crippen molar-refractivity contribution in [3.05, 3.63) is 24.3 Å². The molecule has 0 rings (SSSR count). The zero-order chi connectivity index (χ0) is 12.0. The van der Waals surface area contributed by atoms with Crippen LogP contribution in [0.3, 0.4) is 0 Å². The molecule has 0 radical (unpaired) electrons. The van der Waals surface area contributed by atoms with Gasteiger partial charge >= 0.3 is 12.3 Å². The normalized spacial score (nSPS) is 8.43. The summed E-state index contributed by atoms with van der Waals surface area (Å²) in [5.74, 6) is 0. The molecule has 6 nitrogen and oxygen atoms in total. The van der Waals surface area contributed by atoms with Crippen LogP contribution in [0, 0.1) is 0 Å². The van der Waals surface area contributed by atoms with E-state index >= 15 is 0 Å². The third-order valence-corrected chi connectivity index (χ3v) is 0.496. The van der Waals surface area contributed by atoms with Crippen LogP contribution in [-0.4, -0.2) is 32.7 Å². The topological polar surface area (TPSA) is 115 Å². The number of carboxylic acid groups (broad SMARTS) is 4. The van der Waals surface area contributed by atoms with Crippen molar-refractivity contribution in [2.75, 3.05) is 0 Å². The van der Waals surface area contributed by atoms with E-state index in [1.807, 2.05) is 38.2 Å². The minimum absolute atomic E-state index is 1.83. The molecule has 0 heterocycles. The van der Waals surface area contributed by atoms with Gasteiger partial charge in [-0.25, -0.2) is 9.59 Å². The second-order valence-electron chi connectivity index (χ2n) is 1.62. The molecule has 0 aromatic carbocycles. The Balaban J connectivity index is -0.000000135. The molecule has 0 amide bonds. The number of allylic oxidation sites excluding steroid dienone is 4. The molecule has 0 unspecified atom stereocenters. The van der Waals surface area contributed by atoms with E-state index in [0.29, 0.717) is 0 Å². The van der Waals surface area contributed by atoms with Crippen LogP contribution in [0.2, 0.25) is 0 Å². The van der Waals surface area contributed by atoms with Crippen molar-refractivity contribution >= 4 is 12.3 Å². The van der Waals surface area contributed by atoms with Gasteiger partial charge < -0.3 is 20.4 Å². The van der Waals surface area contributed by atoms with Crippen LogP contribution >= 0.6 is 0 Å². The largest absolute Gasteiger partial charge is 0.503 e. The molecule has 0 aliphatic carbocycles. The van der Waals surface area contributed by atoms with Gasteiger partial charge in [0.15, 0.2) is 0 Å². The molecule has 0 saturated heterocycles. The summed E-state index contributed by atoms with van der Waals surface area (Å²) in [6.45, 7) is 4.00. The first kappa shape index (κ1) is 17.9. The molecular formula is C8H14O6. The maximum absolute atomic E-state index is 8.56. The summed E-state index contributed by atoms with van der Waals surface area (Å²) in [5.41, 5.74) is 0. The summed E-state index contributed by atoms with van der Waals surface area (Å²) in [6, 6.07) is 0. The summed E-state index contributed by atoms with van der Waals surface area (Å²) < 4.78 is 0. The van der Waals surface area contributed by atoms with Crippen molar-refractivity contribution in [2.45, 2.75) is 13.8 Å². The molecule has 0 aliphatic rings. The highest BCUT2D eigenvalue weighted by Gasteiger charge is 1.70. The van der Waals surface area contributed by atoms with E-state index in [-0.39, 0.29) is 0 Å². The smallest absolute Gasteiger partial charge is 0.450 e. The van der Waals surface area contributed by atoms with E-state index in [2.05, 4.69) is 0 Å². The van der Waals surface area contributed by atoms with Crippen LogP contribution in [0.25, 0.3) is 0 Å². The molecule has 0 aromatic heterocycles. The molecule has 0 aliphatic heterocycles. The molecule has 4 N–H and O–H groups in total. The fourth-order valence-electron chi connectivity index (χ4n) is 0.222. The standard InChI is InChI=1S/C6H10.2CH2O3/c1-3-5-6-4-2;2*2-1(3)4/h3-6H,1-2H3;2*(H2,2,3,4). The van der Waals surface area contributed by atoms with Crippen LogP contribution in [0.5, 0.6) is 0 Å². The molecule has 0 spiro atoms. The molecule has 0 fully saturated rings. The summed E-state index contributed by atoms with van der Waals surface area (Å²) in [5, 5.41) is 27.9. The van der Waals surface area contributed by atoms with Crippen molar-refractivity contribution in [1.29, 1.82) is 0 Å². The monoisotopic (exact) mass is 206 g/mol. The third-order valence-electron chi connectivity index (χ3n) is 0.496. The Bertz CT molecular complexity index is 164. The van der Waals surface area contributed by atoms with Gasteiger partial charge in [0.05, 0.1) is 0 Å². The first-order chi connectivity index (χ1) is 6.38. The average Bonchev–Trinajstić information content (AvgIpc) is 1.98. The first-order valence-corrected chi connectivity index (χ1v) is 3.46. The summed E-state index contributed by atoms with van der Waals surface area (Å²) in [6.07, 6.45) is 4.33. The quantitative estimate of drug-likeness (QED) is 0.490. The highest BCUT2D eigenvalue weighted by molar-refractivity contribution is 5.53. The number of carbonyl (C=O) groups is 2. The Morgan fingerprint density at radius 1 is 0.786 bits per heavy atom. The minimum atomic E-state index is -1.83. The van der Waals surface area contributed by atoms with Crippen LogP contribution in [-0.2, 0) is 0 Å². The maximum Gasteiger partial charge on any atom is 0.503 e. The van der Waals surface area contributed by atoms with Crippen molar-refractivity contribution in [3.63, 3.8) is 0 Å². The summed E-state index contributed by atoms with van der Waals surface area (Å²) >= 11 is 0. The maximum atomic E-state index is 8.56. The number of hydrogen-bond donors (Lipinski definition) is 4. The molecule has 0 atom stereocenters. The second kappa shape index (κ2) is 17.2. The van der Waals surface area contributed by atoms with Crippen LogP contribution in [0.4, 0.5) is 9.59 Å². The lowest BCUT2D eigenvalue weighted by Crippen LogP contribution is -1.81. The van der Waals surface area contributed by atoms with Gasteiger partial charge in [0.1, 0.15) is 0 Å². The Labute approximate surface area is 81.4 Å². The molecule has 0 aromatic rings. The van der Waals surface area contributed by atoms with Gasteiger partial charge in [-0.05, 0) is 13.8 Å². The van der Waals surface area contributed by atoms with Crippen molar-refractivity contribution < 1.29 is 30.0 Å². The fraction of sp³-hybridized carbons (Fsp3) is 0.250. The van der Waals surface area contributed by atoms with Gasteiger partial charge in [0.2, 0.25) is 0 Å². The second-order valence-corrected chi connectivity index (χ2v) is 1.62. The Morgan fingerprint density at radius 2 is 0.929 bits per heavy atom. The fourth-order valence-corrected chi connectivity index (χ4v) is 0.222. The van der Waals surface area contributed by atoms with Crippen molar-refractivity contribution in [1.82, 2.24) is 0 Å². The predicted octanol–water partition coefficient (Wildman–Crippen LogP) is 2.58. The number of hydrogen-bond acceptors (Lipinski definition) is 2. The third kappa shape index (κ3) is 784. The van der Waals surface area contributed by atoms with Gasteiger partial charge in [-0.2, -0.15) is 0 Å². The summed E-state index contributed by atoms with van der Waals surface area (Å²) in [7, 11) is 0. The number of rotatable bonds is 1. The zero-order valence-electron chi connectivity index (χ0n) is 7.91. The van der Waals surface area contributed by atoms with Gasteiger partial charge in [-0.15, -0.1) is 0 Å². The van der Waals surface area contributed by atoms with Crippen molar-refractivity contribution in [3.8, 4) is 0 Å². The highest BCUT2D eigenvalue weighted by Crippen LogP contribution is 1.71. The van der Waals surface area contributed by atoms with Crippen LogP contribution in [0.1, 0.15) is 13.8 Å². The van der Waals surface area contributed by atoms with Gasteiger partial charge in [0.25, 0.3) is 0 Å². The van der Waals surface area contributed by atoms with E-state index in [4.69, 9.17) is 30.0 Å². The highest BCUT2D eigenvalue weighted by atomic mass is 16.6. The molecule has 82 valence electrons. The van der Waals surface area contributed by atoms with E-state index in [1.165, 1.54) is 0 Å². The predicted molar refractivity (Wildman–Crippen MR) is 50.9 cm³/mol. The SMILES string of the molecule is CC=CC=CC.O=C(O)O.O=C(O)O. The lowest BCUT2D eigenvalue weighted by Gasteiger charge is -1.62. The van der Waals surface area contributed by atoms with Crippen LogP contribution in [0.15, 0.2) is 24.3 Å². The molecule has 0 saturated carbocycles. The molecule has 6 heteroatoms. The Morgan fingerprint density at radius 3 is 1.00 bits per heavy atom. The molecular weight excluding hydrogens is 192 g/mol. The van der Waals surface area contributed by atoms with Crippen LogP contribution < -0.4 is 0 Å². The first-order valence-electron chi connectivity index (χ1n) is 3.46. The molecule has 14 heavy (non-hydrogen) atoms. The molecule has 0 bridgehead atoms. The minimum Gasteiger partial charge on any atom is -0.450 e. The van der Waals surface area contributed by atoms with Gasteiger partial charge in [0, 0.05) is 0 Å². The Hall–Kier alpha value is -1.98. The van der Waals surface area contributed by atoms with E-state index in [0.717, 1.165) is 0 Å². The lowest BCUT2D eigenvalue weighted by molar-refractivity contribution is 0.135. The van der Waals surface area contributed by atoms with Gasteiger partial charge in [-0.3, -0.25) is 0 Å². The van der Waals surface area contributed by atoms with Gasteiger partial charge in [-0.1, -0.05) is 24.3 Å². The van der Waals surface area contributed by atoms with E-state index < -0.39 is 12.3 Å². The Kier molecular flexibility index (Phi) is 22.0. The summed E-state index contributed by atoms with van der Waals surface area (Å²) in [4.78, 5) is 17.1. The lowest BCUT2D eigenvalue weighted by atomic mass is 10.5. The van der Waals surface area contributed by atoms with E-state index in [1.54, 1.807) is 0 Å². The zero-order valence-corrected chi connectivity index (χ0v) is 7.91. The van der Waals surface area contributed by atoms with E-state index in [9.17, 15) is 0 Å². The average molecular weight is 206 g/mol. The van der Waals surface area contributed by atoms with Crippen molar-refractivity contribution in [2.24, 2.45) is 0 Å².